The number of aryl methyl sites for hydroxylation is 1. The molecule has 3 heteroatoms. The van der Waals surface area contributed by atoms with E-state index < -0.39 is 0 Å². The Morgan fingerprint density at radius 1 is 1.15 bits per heavy atom. The number of halogens is 1. The fourth-order valence-electron chi connectivity index (χ4n) is 1.90. The first-order valence-corrected chi connectivity index (χ1v) is 6.87. The second kappa shape index (κ2) is 5.98. The van der Waals surface area contributed by atoms with Gasteiger partial charge in [-0.2, -0.15) is 5.26 Å². The topological polar surface area (TPSA) is 33.0 Å². The fourth-order valence-corrected chi connectivity index (χ4v) is 2.11. The van der Waals surface area contributed by atoms with E-state index in [1.165, 1.54) is 5.56 Å². The van der Waals surface area contributed by atoms with Crippen LogP contribution in [0.15, 0.2) is 36.4 Å². The quantitative estimate of drug-likeness (QED) is 0.752. The molecule has 0 aliphatic rings. The Hall–Kier alpha value is -1.98. The standard InChI is InChI=1S/C17H16ClNO/c1-11(2)13-8-7-12(3)17(9-13)20-16-6-4-5-15(18)14(16)10-19/h4-9,11H,1-3H3. The van der Waals surface area contributed by atoms with Crippen LogP contribution in [-0.2, 0) is 0 Å². The molecule has 0 aliphatic heterocycles. The lowest BCUT2D eigenvalue weighted by Gasteiger charge is -2.13. The van der Waals surface area contributed by atoms with Crippen molar-refractivity contribution >= 4 is 11.6 Å². The average Bonchev–Trinajstić information content (AvgIpc) is 2.41. The van der Waals surface area contributed by atoms with Gasteiger partial charge < -0.3 is 4.74 Å². The highest BCUT2D eigenvalue weighted by Crippen LogP contribution is 2.32. The summed E-state index contributed by atoms with van der Waals surface area (Å²) in [6.07, 6.45) is 0. The van der Waals surface area contributed by atoms with Crippen LogP contribution in [0, 0.1) is 18.3 Å². The molecule has 0 amide bonds. The maximum atomic E-state index is 9.17. The van der Waals surface area contributed by atoms with E-state index in [1.807, 2.05) is 19.1 Å². The highest BCUT2D eigenvalue weighted by Gasteiger charge is 2.11. The summed E-state index contributed by atoms with van der Waals surface area (Å²) in [5.74, 6) is 1.67. The van der Waals surface area contributed by atoms with Crippen LogP contribution in [0.1, 0.15) is 36.5 Å². The van der Waals surface area contributed by atoms with Gasteiger partial charge in [0.05, 0.1) is 5.02 Å². The first kappa shape index (κ1) is 14.4. The number of ether oxygens (including phenoxy) is 1. The molecular formula is C17H16ClNO. The van der Waals surface area contributed by atoms with Crippen molar-refractivity contribution in [2.24, 2.45) is 0 Å². The van der Waals surface area contributed by atoms with Gasteiger partial charge in [0.1, 0.15) is 23.1 Å². The molecule has 0 spiro atoms. The highest BCUT2D eigenvalue weighted by atomic mass is 35.5. The van der Waals surface area contributed by atoms with E-state index in [9.17, 15) is 5.26 Å². The van der Waals surface area contributed by atoms with Gasteiger partial charge in [0.15, 0.2) is 0 Å². The van der Waals surface area contributed by atoms with E-state index in [0.29, 0.717) is 22.3 Å². The Bertz CT molecular complexity index is 671. The van der Waals surface area contributed by atoms with Crippen molar-refractivity contribution in [3.63, 3.8) is 0 Å². The Balaban J connectivity index is 2.43. The van der Waals surface area contributed by atoms with Crippen LogP contribution in [0.25, 0.3) is 0 Å². The van der Waals surface area contributed by atoms with E-state index in [4.69, 9.17) is 16.3 Å². The normalized spacial score (nSPS) is 10.4. The van der Waals surface area contributed by atoms with Gasteiger partial charge in [-0.05, 0) is 42.2 Å². The summed E-state index contributed by atoms with van der Waals surface area (Å²) in [4.78, 5) is 0. The molecule has 0 radical (unpaired) electrons. The maximum Gasteiger partial charge on any atom is 0.146 e. The van der Waals surface area contributed by atoms with Gasteiger partial charge in [-0.15, -0.1) is 0 Å². The molecule has 2 aromatic carbocycles. The van der Waals surface area contributed by atoms with Crippen molar-refractivity contribution in [3.8, 4) is 17.6 Å². The third-order valence-corrected chi connectivity index (χ3v) is 3.50. The van der Waals surface area contributed by atoms with Crippen LogP contribution in [0.3, 0.4) is 0 Å². The lowest BCUT2D eigenvalue weighted by Crippen LogP contribution is -1.94. The predicted octanol–water partition coefficient (Wildman–Crippen LogP) is 5.44. The van der Waals surface area contributed by atoms with Crippen LogP contribution in [0.2, 0.25) is 5.02 Å². The molecule has 2 rings (SSSR count). The zero-order chi connectivity index (χ0) is 14.7. The number of rotatable bonds is 3. The van der Waals surface area contributed by atoms with E-state index in [0.717, 1.165) is 11.3 Å². The Morgan fingerprint density at radius 2 is 1.90 bits per heavy atom. The van der Waals surface area contributed by atoms with Crippen molar-refractivity contribution in [3.05, 3.63) is 58.1 Å². The van der Waals surface area contributed by atoms with Gasteiger partial charge in [0, 0.05) is 0 Å². The lowest BCUT2D eigenvalue weighted by atomic mass is 10.0. The zero-order valence-corrected chi connectivity index (χ0v) is 12.5. The minimum atomic E-state index is 0.364. The first-order chi connectivity index (χ1) is 9.52. The smallest absolute Gasteiger partial charge is 0.146 e. The summed E-state index contributed by atoms with van der Waals surface area (Å²) in [7, 11) is 0. The molecular weight excluding hydrogens is 270 g/mol. The second-order valence-corrected chi connectivity index (χ2v) is 5.41. The molecule has 102 valence electrons. The third-order valence-electron chi connectivity index (χ3n) is 3.19. The Labute approximate surface area is 124 Å². The van der Waals surface area contributed by atoms with Gasteiger partial charge in [0.2, 0.25) is 0 Å². The molecule has 0 unspecified atom stereocenters. The van der Waals surface area contributed by atoms with Gasteiger partial charge >= 0.3 is 0 Å². The molecule has 0 atom stereocenters. The summed E-state index contributed by atoms with van der Waals surface area (Å²) in [6.45, 7) is 6.25. The fraction of sp³-hybridized carbons (Fsp3) is 0.235. The summed E-state index contributed by atoms with van der Waals surface area (Å²) < 4.78 is 5.90. The van der Waals surface area contributed by atoms with Crippen molar-refractivity contribution in [2.45, 2.75) is 26.7 Å². The number of benzene rings is 2. The molecule has 0 heterocycles. The minimum Gasteiger partial charge on any atom is -0.456 e. The highest BCUT2D eigenvalue weighted by molar-refractivity contribution is 6.31. The summed E-state index contributed by atoms with van der Waals surface area (Å²) >= 11 is 6.01. The van der Waals surface area contributed by atoms with Crippen LogP contribution >= 0.6 is 11.6 Å². The van der Waals surface area contributed by atoms with Crippen LogP contribution < -0.4 is 4.74 Å². The number of nitrogens with zero attached hydrogens (tertiary/aromatic N) is 1. The Kier molecular flexibility index (Phi) is 4.32. The molecule has 0 bridgehead atoms. The Morgan fingerprint density at radius 3 is 2.55 bits per heavy atom. The first-order valence-electron chi connectivity index (χ1n) is 6.50. The van der Waals surface area contributed by atoms with Crippen molar-refractivity contribution < 1.29 is 4.74 Å². The van der Waals surface area contributed by atoms with Crippen LogP contribution in [0.5, 0.6) is 11.5 Å². The van der Waals surface area contributed by atoms with Crippen molar-refractivity contribution in [1.29, 1.82) is 5.26 Å². The number of nitriles is 1. The number of hydrogen-bond donors (Lipinski definition) is 0. The van der Waals surface area contributed by atoms with Crippen LogP contribution in [0.4, 0.5) is 0 Å². The molecule has 0 aliphatic carbocycles. The molecule has 2 aromatic rings. The molecule has 0 saturated heterocycles. The van der Waals surface area contributed by atoms with E-state index in [-0.39, 0.29) is 0 Å². The molecule has 0 N–H and O–H groups in total. The average molecular weight is 286 g/mol. The molecule has 0 aromatic heterocycles. The largest absolute Gasteiger partial charge is 0.456 e. The molecule has 0 saturated carbocycles. The van der Waals surface area contributed by atoms with Gasteiger partial charge in [0.25, 0.3) is 0 Å². The molecule has 2 nitrogen and oxygen atoms in total. The van der Waals surface area contributed by atoms with Gasteiger partial charge in [-0.25, -0.2) is 0 Å². The SMILES string of the molecule is Cc1ccc(C(C)C)cc1Oc1cccc(Cl)c1C#N. The minimum absolute atomic E-state index is 0.364. The monoisotopic (exact) mass is 285 g/mol. The van der Waals surface area contributed by atoms with Gasteiger partial charge in [-0.1, -0.05) is 43.6 Å². The molecule has 20 heavy (non-hydrogen) atoms. The van der Waals surface area contributed by atoms with E-state index >= 15 is 0 Å². The summed E-state index contributed by atoms with van der Waals surface area (Å²) in [5, 5.41) is 9.58. The van der Waals surface area contributed by atoms with Crippen LogP contribution in [-0.4, -0.2) is 0 Å². The van der Waals surface area contributed by atoms with E-state index in [2.05, 4.69) is 26.0 Å². The summed E-state index contributed by atoms with van der Waals surface area (Å²) in [5.41, 5.74) is 2.59. The van der Waals surface area contributed by atoms with E-state index in [1.54, 1.807) is 18.2 Å². The van der Waals surface area contributed by atoms with Gasteiger partial charge in [-0.3, -0.25) is 0 Å². The number of hydrogen-bond acceptors (Lipinski definition) is 2. The molecule has 0 fully saturated rings. The lowest BCUT2D eigenvalue weighted by molar-refractivity contribution is 0.476. The van der Waals surface area contributed by atoms with Crippen molar-refractivity contribution in [2.75, 3.05) is 0 Å². The third kappa shape index (κ3) is 2.95. The predicted molar refractivity (Wildman–Crippen MR) is 81.5 cm³/mol. The second-order valence-electron chi connectivity index (χ2n) is 5.01. The summed E-state index contributed by atoms with van der Waals surface area (Å²) in [6, 6.07) is 13.4. The van der Waals surface area contributed by atoms with Crippen molar-refractivity contribution in [1.82, 2.24) is 0 Å². The zero-order valence-electron chi connectivity index (χ0n) is 11.8. The maximum absolute atomic E-state index is 9.17.